The highest BCUT2D eigenvalue weighted by molar-refractivity contribution is 9.10. The predicted molar refractivity (Wildman–Crippen MR) is 126 cm³/mol. The lowest BCUT2D eigenvalue weighted by molar-refractivity contribution is -0.159. The Bertz CT molecular complexity index is 925. The maximum absolute atomic E-state index is 12.4. The summed E-state index contributed by atoms with van der Waals surface area (Å²) in [4.78, 5) is 15.9. The molecule has 1 atom stereocenters. The molecule has 4 heteroatoms. The molecule has 1 fully saturated rings. The Morgan fingerprint density at radius 3 is 1.77 bits per heavy atom. The summed E-state index contributed by atoms with van der Waals surface area (Å²) in [5, 5.41) is 0. The van der Waals surface area contributed by atoms with Crippen LogP contribution < -0.4 is 0 Å². The highest BCUT2D eigenvalue weighted by Gasteiger charge is 2.40. The largest absolute Gasteiger partial charge is 0.453 e. The molecule has 1 saturated carbocycles. The number of carbonyl (C=O) groups excluding carboxylic acids is 1. The van der Waals surface area contributed by atoms with Crippen LogP contribution in [0.5, 0.6) is 0 Å². The summed E-state index contributed by atoms with van der Waals surface area (Å²) in [5.74, 6) is -0.186. The first-order valence-electron chi connectivity index (χ1n) is 10.4. The summed E-state index contributed by atoms with van der Waals surface area (Å²) in [6.07, 6.45) is 3.95. The lowest BCUT2D eigenvalue weighted by Crippen LogP contribution is -2.32. The molecular weight excluding hydrogens is 456 g/mol. The Morgan fingerprint density at radius 1 is 0.833 bits per heavy atom. The maximum atomic E-state index is 12.4. The van der Waals surface area contributed by atoms with Gasteiger partial charge in [-0.15, -0.1) is 0 Å². The Morgan fingerprint density at radius 2 is 1.30 bits per heavy atom. The van der Waals surface area contributed by atoms with Crippen molar-refractivity contribution in [2.24, 2.45) is 0 Å². The van der Waals surface area contributed by atoms with Gasteiger partial charge in [0.05, 0.1) is 10.9 Å². The standard InChI is InChI=1S/C26H26BrO2S/c1-20(27)25(28)29-26(18-8-9-19-26)21-14-16-24(17-15-21)30(22-10-4-2-5-11-22)23-12-6-3-7-13-23/h2-7,10-17,20H,8-9,18-19H2,1H3/q+1. The molecular formula is C26H26BrO2S+. The van der Waals surface area contributed by atoms with E-state index in [1.165, 1.54) is 14.7 Å². The van der Waals surface area contributed by atoms with E-state index < -0.39 is 5.60 Å². The lowest BCUT2D eigenvalue weighted by Gasteiger charge is -2.30. The molecule has 2 nitrogen and oxygen atoms in total. The summed E-state index contributed by atoms with van der Waals surface area (Å²) >= 11 is 3.35. The van der Waals surface area contributed by atoms with Crippen LogP contribution in [0.25, 0.3) is 0 Å². The fourth-order valence-electron chi connectivity index (χ4n) is 4.09. The lowest BCUT2D eigenvalue weighted by atomic mass is 9.92. The van der Waals surface area contributed by atoms with Crippen molar-refractivity contribution in [1.82, 2.24) is 0 Å². The molecule has 0 aromatic heterocycles. The second-order valence-electron chi connectivity index (χ2n) is 7.70. The molecule has 3 aromatic carbocycles. The third-order valence-electron chi connectivity index (χ3n) is 5.61. The first-order chi connectivity index (χ1) is 14.6. The predicted octanol–water partition coefficient (Wildman–Crippen LogP) is 6.88. The molecule has 1 aliphatic rings. The molecule has 0 heterocycles. The average molecular weight is 482 g/mol. The van der Waals surface area contributed by atoms with Gasteiger partial charge in [0, 0.05) is 0 Å². The van der Waals surface area contributed by atoms with Crippen molar-refractivity contribution in [1.29, 1.82) is 0 Å². The van der Waals surface area contributed by atoms with Gasteiger partial charge in [0.25, 0.3) is 0 Å². The fraction of sp³-hybridized carbons (Fsp3) is 0.269. The number of alkyl halides is 1. The molecule has 1 aliphatic carbocycles. The summed E-state index contributed by atoms with van der Waals surface area (Å²) in [7, 11) is -0.171. The van der Waals surface area contributed by atoms with E-state index >= 15 is 0 Å². The molecule has 3 aromatic rings. The van der Waals surface area contributed by atoms with E-state index in [9.17, 15) is 4.79 Å². The van der Waals surface area contributed by atoms with Gasteiger partial charge in [-0.1, -0.05) is 64.5 Å². The zero-order chi connectivity index (χ0) is 21.0. The Kier molecular flexibility index (Phi) is 6.64. The van der Waals surface area contributed by atoms with Crippen LogP contribution >= 0.6 is 15.9 Å². The Labute approximate surface area is 190 Å². The number of rotatable bonds is 6. The number of benzene rings is 3. The van der Waals surface area contributed by atoms with Gasteiger partial charge in [0.1, 0.15) is 10.4 Å². The van der Waals surface area contributed by atoms with Gasteiger partial charge < -0.3 is 4.74 Å². The quantitative estimate of drug-likeness (QED) is 0.218. The van der Waals surface area contributed by atoms with E-state index in [0.29, 0.717) is 0 Å². The minimum atomic E-state index is -0.490. The van der Waals surface area contributed by atoms with Crippen LogP contribution in [-0.4, -0.2) is 10.8 Å². The Balaban J connectivity index is 1.69. The second kappa shape index (κ2) is 9.40. The van der Waals surface area contributed by atoms with E-state index in [2.05, 4.69) is 101 Å². The van der Waals surface area contributed by atoms with Gasteiger partial charge in [0.2, 0.25) is 0 Å². The third kappa shape index (κ3) is 4.50. The molecule has 0 bridgehead atoms. The normalized spacial score (nSPS) is 16.4. The van der Waals surface area contributed by atoms with Gasteiger partial charge in [-0.05, 0) is 74.6 Å². The summed E-state index contributed by atoms with van der Waals surface area (Å²) in [6.45, 7) is 1.82. The Hall–Kier alpha value is -2.04. The van der Waals surface area contributed by atoms with Crippen LogP contribution in [0.15, 0.2) is 99.6 Å². The van der Waals surface area contributed by atoms with Crippen molar-refractivity contribution in [2.45, 2.75) is 57.7 Å². The highest BCUT2D eigenvalue weighted by atomic mass is 79.9. The van der Waals surface area contributed by atoms with Crippen molar-refractivity contribution < 1.29 is 9.53 Å². The average Bonchev–Trinajstić information content (AvgIpc) is 3.25. The van der Waals surface area contributed by atoms with E-state index in [4.69, 9.17) is 4.74 Å². The van der Waals surface area contributed by atoms with Crippen LogP contribution in [0.3, 0.4) is 0 Å². The van der Waals surface area contributed by atoms with Gasteiger partial charge in [-0.25, -0.2) is 0 Å². The zero-order valence-corrected chi connectivity index (χ0v) is 19.5. The number of esters is 1. The van der Waals surface area contributed by atoms with E-state index in [-0.39, 0.29) is 21.7 Å². The van der Waals surface area contributed by atoms with Crippen molar-refractivity contribution in [2.75, 3.05) is 0 Å². The number of halogens is 1. The molecule has 0 spiro atoms. The molecule has 4 rings (SSSR count). The van der Waals surface area contributed by atoms with Crippen LogP contribution in [0.2, 0.25) is 0 Å². The van der Waals surface area contributed by atoms with Gasteiger partial charge in [-0.3, -0.25) is 4.79 Å². The topological polar surface area (TPSA) is 26.3 Å². The molecule has 0 amide bonds. The maximum Gasteiger partial charge on any atom is 0.320 e. The summed E-state index contributed by atoms with van der Waals surface area (Å²) < 4.78 is 6.03. The van der Waals surface area contributed by atoms with Crippen molar-refractivity contribution in [3.05, 3.63) is 90.5 Å². The second-order valence-corrected chi connectivity index (χ2v) is 11.1. The van der Waals surface area contributed by atoms with Gasteiger partial charge in [-0.2, -0.15) is 0 Å². The van der Waals surface area contributed by atoms with Gasteiger partial charge in [0.15, 0.2) is 14.7 Å². The SMILES string of the molecule is CC(Br)C(=O)OC1(c2ccc([S+](c3ccccc3)c3ccccc3)cc2)CCCC1. The number of hydrogen-bond acceptors (Lipinski definition) is 2. The number of ether oxygens (including phenoxy) is 1. The molecule has 30 heavy (non-hydrogen) atoms. The molecule has 0 radical (unpaired) electrons. The van der Waals surface area contributed by atoms with Crippen molar-refractivity contribution >= 4 is 32.8 Å². The number of carbonyl (C=O) groups is 1. The van der Waals surface area contributed by atoms with Crippen LogP contribution in [-0.2, 0) is 26.0 Å². The first kappa shape index (κ1) is 21.2. The van der Waals surface area contributed by atoms with Crippen molar-refractivity contribution in [3.8, 4) is 0 Å². The minimum absolute atomic E-state index is 0.171. The van der Waals surface area contributed by atoms with Crippen LogP contribution in [0.1, 0.15) is 38.2 Å². The van der Waals surface area contributed by atoms with E-state index in [1.54, 1.807) is 0 Å². The highest BCUT2D eigenvalue weighted by Crippen LogP contribution is 2.43. The van der Waals surface area contributed by atoms with Crippen molar-refractivity contribution in [3.63, 3.8) is 0 Å². The third-order valence-corrected chi connectivity index (χ3v) is 8.21. The van der Waals surface area contributed by atoms with E-state index in [0.717, 1.165) is 31.2 Å². The smallest absolute Gasteiger partial charge is 0.320 e. The zero-order valence-electron chi connectivity index (χ0n) is 17.1. The van der Waals surface area contributed by atoms with Crippen LogP contribution in [0, 0.1) is 0 Å². The summed E-state index contributed by atoms with van der Waals surface area (Å²) in [6, 6.07) is 30.0. The molecule has 0 N–H and O–H groups in total. The van der Waals surface area contributed by atoms with Gasteiger partial charge >= 0.3 is 5.97 Å². The van der Waals surface area contributed by atoms with E-state index in [1.807, 2.05) is 6.92 Å². The molecule has 0 aliphatic heterocycles. The summed E-state index contributed by atoms with van der Waals surface area (Å²) in [5.41, 5.74) is 0.616. The fourth-order valence-corrected chi connectivity index (χ4v) is 6.26. The molecule has 0 saturated heterocycles. The minimum Gasteiger partial charge on any atom is -0.453 e. The first-order valence-corrected chi connectivity index (χ1v) is 12.5. The molecule has 1 unspecified atom stereocenters. The number of hydrogen-bond donors (Lipinski definition) is 0. The monoisotopic (exact) mass is 481 g/mol. The molecule has 154 valence electrons. The van der Waals surface area contributed by atoms with Crippen LogP contribution in [0.4, 0.5) is 0 Å².